The first-order valence-electron chi connectivity index (χ1n) is 7.91. The van der Waals surface area contributed by atoms with E-state index in [9.17, 15) is 29.7 Å². The van der Waals surface area contributed by atoms with E-state index >= 15 is 0 Å². The van der Waals surface area contributed by atoms with Crippen LogP contribution in [0.15, 0.2) is 0 Å². The van der Waals surface area contributed by atoms with Gasteiger partial charge in [-0.3, -0.25) is 0 Å². The van der Waals surface area contributed by atoms with Crippen molar-refractivity contribution in [3.8, 4) is 0 Å². The van der Waals surface area contributed by atoms with Crippen molar-refractivity contribution in [1.29, 1.82) is 0 Å². The molecule has 28 heavy (non-hydrogen) atoms. The second kappa shape index (κ2) is 25.7. The van der Waals surface area contributed by atoms with E-state index in [1.165, 1.54) is 0 Å². The van der Waals surface area contributed by atoms with Gasteiger partial charge in [-0.05, 0) is 55.3 Å². The minimum absolute atomic E-state index is 0. The molecular formula is C15H30N3O6PrS3. The molecule has 0 spiro atoms. The zero-order chi connectivity index (χ0) is 21.8. The molecule has 0 saturated carbocycles. The van der Waals surface area contributed by atoms with Crippen molar-refractivity contribution in [1.82, 2.24) is 0 Å². The number of carbonyl (C=O) groups is 3. The predicted molar refractivity (Wildman–Crippen MR) is 108 cm³/mol. The topological polar surface area (TPSA) is 198 Å². The maximum atomic E-state index is 9.96. The SMILES string of the molecule is CSCC[C@H](N)C(=O)[O-].CSCC[C@H](N)C(=O)[O-].CSCC[C@H](N)C(=O)[O-].[Pr+3]. The summed E-state index contributed by atoms with van der Waals surface area (Å²) in [7, 11) is 0. The van der Waals surface area contributed by atoms with E-state index in [-0.39, 0.29) is 41.3 Å². The number of rotatable bonds is 12. The van der Waals surface area contributed by atoms with Gasteiger partial charge in [-0.15, -0.1) is 0 Å². The van der Waals surface area contributed by atoms with E-state index in [1.807, 2.05) is 18.8 Å². The van der Waals surface area contributed by atoms with Gasteiger partial charge in [0.2, 0.25) is 0 Å². The normalized spacial score (nSPS) is 12.6. The molecule has 0 aliphatic rings. The molecule has 13 heteroatoms. The van der Waals surface area contributed by atoms with E-state index in [2.05, 4.69) is 0 Å². The Kier molecular flexibility index (Phi) is 33.2. The van der Waals surface area contributed by atoms with Crippen LogP contribution >= 0.6 is 35.3 Å². The molecular weight excluding hydrogens is 555 g/mol. The summed E-state index contributed by atoms with van der Waals surface area (Å²) in [6.07, 6.45) is 7.18. The molecule has 6 N–H and O–H groups in total. The molecule has 0 radical (unpaired) electrons. The number of hydrogen-bond acceptors (Lipinski definition) is 12. The molecule has 0 saturated heterocycles. The fraction of sp³-hybridized carbons (Fsp3) is 0.800. The van der Waals surface area contributed by atoms with Crippen LogP contribution in [0.2, 0.25) is 0 Å². The van der Waals surface area contributed by atoms with Crippen LogP contribution in [0, 0.1) is 41.3 Å². The Balaban J connectivity index is -0.000000152. The summed E-state index contributed by atoms with van der Waals surface area (Å²) in [5.74, 6) is -1.17. The van der Waals surface area contributed by atoms with Gasteiger partial charge >= 0.3 is 41.3 Å². The number of aliphatic carboxylic acids is 3. The second-order valence-electron chi connectivity index (χ2n) is 5.12. The molecule has 9 nitrogen and oxygen atoms in total. The van der Waals surface area contributed by atoms with Gasteiger partial charge in [-0.1, -0.05) is 0 Å². The van der Waals surface area contributed by atoms with Gasteiger partial charge in [-0.2, -0.15) is 35.3 Å². The van der Waals surface area contributed by atoms with Crippen molar-refractivity contribution in [2.45, 2.75) is 37.4 Å². The summed E-state index contributed by atoms with van der Waals surface area (Å²) in [5, 5.41) is 29.9. The van der Waals surface area contributed by atoms with Crippen LogP contribution in [-0.4, -0.2) is 72.1 Å². The maximum absolute atomic E-state index is 9.96. The van der Waals surface area contributed by atoms with Gasteiger partial charge in [0.15, 0.2) is 0 Å². The molecule has 0 aromatic carbocycles. The molecule has 0 bridgehead atoms. The number of hydrogen-bond donors (Lipinski definition) is 3. The Morgan fingerprint density at radius 3 is 0.929 bits per heavy atom. The Bertz CT molecular complexity index is 354. The van der Waals surface area contributed by atoms with Crippen molar-refractivity contribution in [3.05, 3.63) is 0 Å². The first-order valence-corrected chi connectivity index (χ1v) is 12.1. The number of carboxylic acid groups (broad SMARTS) is 3. The van der Waals surface area contributed by atoms with E-state index in [4.69, 9.17) is 17.2 Å². The molecule has 3 atom stereocenters. The van der Waals surface area contributed by atoms with Gasteiger partial charge in [0, 0.05) is 18.1 Å². The first kappa shape index (κ1) is 36.1. The van der Waals surface area contributed by atoms with E-state index in [0.29, 0.717) is 19.3 Å². The summed E-state index contributed by atoms with van der Waals surface area (Å²) in [5.41, 5.74) is 15.4. The summed E-state index contributed by atoms with van der Waals surface area (Å²) in [4.78, 5) is 29.9. The molecule has 162 valence electrons. The van der Waals surface area contributed by atoms with Gasteiger partial charge in [-0.25, -0.2) is 0 Å². The third-order valence-corrected chi connectivity index (χ3v) is 4.74. The molecule has 0 rings (SSSR count). The fourth-order valence-electron chi connectivity index (χ4n) is 1.09. The zero-order valence-corrected chi connectivity index (χ0v) is 22.6. The van der Waals surface area contributed by atoms with Crippen LogP contribution in [0.1, 0.15) is 19.3 Å². The quantitative estimate of drug-likeness (QED) is 0.204. The fourth-order valence-corrected chi connectivity index (χ4v) is 2.56. The zero-order valence-electron chi connectivity index (χ0n) is 16.5. The van der Waals surface area contributed by atoms with Crippen LogP contribution in [-0.2, 0) is 14.4 Å². The van der Waals surface area contributed by atoms with Crippen LogP contribution in [0.4, 0.5) is 0 Å². The average Bonchev–Trinajstić information content (AvgIpc) is 2.62. The molecule has 0 unspecified atom stereocenters. The third-order valence-electron chi connectivity index (χ3n) is 2.81. The van der Waals surface area contributed by atoms with E-state index < -0.39 is 36.0 Å². The van der Waals surface area contributed by atoms with Gasteiger partial charge in [0.1, 0.15) is 0 Å². The van der Waals surface area contributed by atoms with Gasteiger partial charge in [0.05, 0.1) is 17.9 Å². The monoisotopic (exact) mass is 585 g/mol. The van der Waals surface area contributed by atoms with E-state index in [0.717, 1.165) is 17.3 Å². The molecule has 0 heterocycles. The van der Waals surface area contributed by atoms with Gasteiger partial charge in [0.25, 0.3) is 0 Å². The third kappa shape index (κ3) is 28.9. The second-order valence-corrected chi connectivity index (χ2v) is 8.08. The predicted octanol–water partition coefficient (Wildman–Crippen LogP) is -3.55. The Hall–Kier alpha value is 0.704. The number of carboxylic acids is 3. The maximum Gasteiger partial charge on any atom is 3.00 e. The number of carbonyl (C=O) groups excluding carboxylic acids is 3. The molecule has 0 aromatic heterocycles. The molecule has 0 aliphatic carbocycles. The van der Waals surface area contributed by atoms with Crippen molar-refractivity contribution in [2.75, 3.05) is 36.0 Å². The summed E-state index contributed by atoms with van der Waals surface area (Å²) >= 11 is 4.73. The van der Waals surface area contributed by atoms with Crippen LogP contribution < -0.4 is 32.5 Å². The largest absolute Gasteiger partial charge is 3.00 e. The standard InChI is InChI=1S/3C5H11NO2S.Pr/c3*1-9-3-2-4(6)5(7)8;/h3*4H,2-3,6H2,1H3,(H,7,8);/q;;;+3/p-3/t3*4-;/m000./s1. The summed E-state index contributed by atoms with van der Waals surface area (Å²) in [6, 6.07) is -2.38. The minimum Gasteiger partial charge on any atom is -0.548 e. The van der Waals surface area contributed by atoms with Crippen molar-refractivity contribution < 1.29 is 71.0 Å². The number of thioether (sulfide) groups is 3. The Morgan fingerprint density at radius 1 is 0.643 bits per heavy atom. The smallest absolute Gasteiger partial charge is 0.548 e. The van der Waals surface area contributed by atoms with E-state index in [1.54, 1.807) is 35.3 Å². The minimum atomic E-state index is -1.16. The van der Waals surface area contributed by atoms with Crippen LogP contribution in [0.25, 0.3) is 0 Å². The van der Waals surface area contributed by atoms with Gasteiger partial charge < -0.3 is 46.9 Å². The number of nitrogens with two attached hydrogens (primary N) is 3. The molecule has 0 amide bonds. The summed E-state index contributed by atoms with van der Waals surface area (Å²) < 4.78 is 0. The molecule has 0 aromatic rings. The molecule has 0 aliphatic heterocycles. The average molecular weight is 586 g/mol. The van der Waals surface area contributed by atoms with Crippen molar-refractivity contribution in [2.24, 2.45) is 17.2 Å². The van der Waals surface area contributed by atoms with Crippen LogP contribution in [0.5, 0.6) is 0 Å². The Morgan fingerprint density at radius 2 is 0.821 bits per heavy atom. The molecule has 0 fully saturated rings. The first-order chi connectivity index (χ1) is 12.5. The Labute approximate surface area is 213 Å². The van der Waals surface area contributed by atoms with Crippen LogP contribution in [0.3, 0.4) is 0 Å². The van der Waals surface area contributed by atoms with Crippen molar-refractivity contribution >= 4 is 53.2 Å². The summed E-state index contributed by atoms with van der Waals surface area (Å²) in [6.45, 7) is 0. The van der Waals surface area contributed by atoms with Crippen molar-refractivity contribution in [3.63, 3.8) is 0 Å².